The molecule has 0 spiro atoms. The second kappa shape index (κ2) is 8.75. The van der Waals surface area contributed by atoms with Crippen LogP contribution >= 0.6 is 0 Å². The van der Waals surface area contributed by atoms with Crippen molar-refractivity contribution < 1.29 is 9.53 Å². The van der Waals surface area contributed by atoms with Crippen molar-refractivity contribution in [2.75, 3.05) is 5.32 Å². The van der Waals surface area contributed by atoms with E-state index in [4.69, 9.17) is 4.74 Å². The first kappa shape index (κ1) is 20.1. The molecule has 33 heavy (non-hydrogen) atoms. The molecule has 9 heteroatoms. The topological polar surface area (TPSA) is 99.7 Å². The molecule has 0 bridgehead atoms. The average Bonchev–Trinajstić information content (AvgIpc) is 3.53. The zero-order chi connectivity index (χ0) is 22.6. The molecular weight excluding hydrogens is 418 g/mol. The lowest BCUT2D eigenvalue weighted by Crippen LogP contribution is -2.13. The number of aryl methyl sites for hydroxylation is 1. The minimum absolute atomic E-state index is 0.216. The van der Waals surface area contributed by atoms with E-state index < -0.39 is 0 Å². The third-order valence-corrected chi connectivity index (χ3v) is 4.72. The van der Waals surface area contributed by atoms with Gasteiger partial charge in [-0.25, -0.2) is 4.98 Å². The van der Waals surface area contributed by atoms with Gasteiger partial charge in [-0.2, -0.15) is 14.9 Å². The number of para-hydroxylation sites is 1. The quantitative estimate of drug-likeness (QED) is 0.427. The monoisotopic (exact) mass is 437 g/mol. The van der Waals surface area contributed by atoms with Gasteiger partial charge in [-0.15, -0.1) is 5.10 Å². The molecule has 0 radical (unpaired) electrons. The molecule has 0 atom stereocenters. The number of benzene rings is 2. The molecule has 3 heterocycles. The van der Waals surface area contributed by atoms with E-state index in [-0.39, 0.29) is 11.6 Å². The summed E-state index contributed by atoms with van der Waals surface area (Å²) in [5.41, 5.74) is 1.60. The average molecular weight is 437 g/mol. The lowest BCUT2D eigenvalue weighted by Gasteiger charge is -2.09. The highest BCUT2D eigenvalue weighted by molar-refractivity contribution is 6.02. The van der Waals surface area contributed by atoms with Crippen molar-refractivity contribution in [2.24, 2.45) is 0 Å². The summed E-state index contributed by atoms with van der Waals surface area (Å²) in [5, 5.41) is 11.2. The van der Waals surface area contributed by atoms with Crippen molar-refractivity contribution in [3.8, 4) is 23.1 Å². The number of nitrogens with zero attached hydrogens (tertiary/aromatic N) is 6. The van der Waals surface area contributed by atoms with E-state index in [1.807, 2.05) is 66.3 Å². The number of nitrogens with one attached hydrogen (secondary N) is 1. The fourth-order valence-electron chi connectivity index (χ4n) is 3.17. The van der Waals surface area contributed by atoms with Crippen LogP contribution in [-0.4, -0.2) is 35.4 Å². The molecule has 0 aliphatic heterocycles. The maximum atomic E-state index is 12.5. The fraction of sp³-hybridized carbons (Fsp3) is 0.0417. The minimum atomic E-state index is -0.353. The van der Waals surface area contributed by atoms with Crippen molar-refractivity contribution in [1.29, 1.82) is 0 Å². The normalized spacial score (nSPS) is 10.7. The Labute approximate surface area is 189 Å². The van der Waals surface area contributed by atoms with Gasteiger partial charge in [0.15, 0.2) is 5.69 Å². The van der Waals surface area contributed by atoms with Gasteiger partial charge in [-0.1, -0.05) is 18.2 Å². The van der Waals surface area contributed by atoms with Crippen molar-refractivity contribution in [2.45, 2.75) is 6.92 Å². The van der Waals surface area contributed by atoms with Crippen LogP contribution in [0.1, 0.15) is 16.3 Å². The predicted molar refractivity (Wildman–Crippen MR) is 122 cm³/mol. The number of anilines is 1. The first-order valence-electron chi connectivity index (χ1n) is 10.2. The molecule has 1 N–H and O–H groups in total. The van der Waals surface area contributed by atoms with Crippen LogP contribution in [0.3, 0.4) is 0 Å². The Morgan fingerprint density at radius 2 is 1.70 bits per heavy atom. The number of aromatic nitrogens is 6. The highest BCUT2D eigenvalue weighted by Gasteiger charge is 2.12. The lowest BCUT2D eigenvalue weighted by molar-refractivity contribution is 0.102. The number of hydrogen-bond donors (Lipinski definition) is 1. The van der Waals surface area contributed by atoms with Gasteiger partial charge in [-0.3, -0.25) is 4.79 Å². The van der Waals surface area contributed by atoms with Crippen LogP contribution in [0.15, 0.2) is 91.4 Å². The SMILES string of the molecule is Cc1nc(Oc2ccc(NC(=O)c3cnn(-c4ccccc4)n3)cc2)cc(-n2cccc2)n1. The zero-order valence-corrected chi connectivity index (χ0v) is 17.7. The summed E-state index contributed by atoms with van der Waals surface area (Å²) in [4.78, 5) is 22.7. The Morgan fingerprint density at radius 3 is 2.45 bits per heavy atom. The van der Waals surface area contributed by atoms with E-state index in [1.54, 1.807) is 30.3 Å². The summed E-state index contributed by atoms with van der Waals surface area (Å²) in [6.45, 7) is 1.81. The molecule has 162 valence electrons. The summed E-state index contributed by atoms with van der Waals surface area (Å²) in [5.74, 6) is 1.98. The summed E-state index contributed by atoms with van der Waals surface area (Å²) in [6.07, 6.45) is 5.24. The fourth-order valence-corrected chi connectivity index (χ4v) is 3.17. The van der Waals surface area contributed by atoms with Gasteiger partial charge in [-0.05, 0) is 55.5 Å². The highest BCUT2D eigenvalue weighted by Crippen LogP contribution is 2.23. The number of hydrogen-bond acceptors (Lipinski definition) is 6. The molecule has 0 unspecified atom stereocenters. The molecule has 0 saturated carbocycles. The van der Waals surface area contributed by atoms with Crippen LogP contribution in [0.4, 0.5) is 5.69 Å². The predicted octanol–water partition coefficient (Wildman–Crippen LogP) is 4.20. The van der Waals surface area contributed by atoms with Gasteiger partial charge < -0.3 is 14.6 Å². The van der Waals surface area contributed by atoms with E-state index in [1.165, 1.54) is 11.0 Å². The van der Waals surface area contributed by atoms with E-state index in [0.717, 1.165) is 11.5 Å². The van der Waals surface area contributed by atoms with Crippen LogP contribution in [0.5, 0.6) is 11.6 Å². The van der Waals surface area contributed by atoms with Crippen LogP contribution < -0.4 is 10.1 Å². The molecule has 3 aromatic heterocycles. The van der Waals surface area contributed by atoms with Crippen molar-refractivity contribution >= 4 is 11.6 Å². The molecule has 0 aliphatic carbocycles. The Balaban J connectivity index is 1.26. The summed E-state index contributed by atoms with van der Waals surface area (Å²) >= 11 is 0. The van der Waals surface area contributed by atoms with Gasteiger partial charge in [0.05, 0.1) is 11.9 Å². The third-order valence-electron chi connectivity index (χ3n) is 4.72. The molecule has 0 fully saturated rings. The molecule has 1 amide bonds. The molecule has 5 rings (SSSR count). The zero-order valence-electron chi connectivity index (χ0n) is 17.7. The van der Waals surface area contributed by atoms with E-state index in [0.29, 0.717) is 23.1 Å². The van der Waals surface area contributed by atoms with Crippen LogP contribution in [-0.2, 0) is 0 Å². The van der Waals surface area contributed by atoms with Crippen molar-refractivity contribution in [1.82, 2.24) is 29.5 Å². The van der Waals surface area contributed by atoms with Crippen LogP contribution in [0, 0.1) is 6.92 Å². The molecule has 0 aliphatic rings. The maximum Gasteiger partial charge on any atom is 0.277 e. The smallest absolute Gasteiger partial charge is 0.277 e. The van der Waals surface area contributed by atoms with E-state index in [2.05, 4.69) is 25.5 Å². The number of amides is 1. The number of rotatable bonds is 6. The van der Waals surface area contributed by atoms with E-state index >= 15 is 0 Å². The van der Waals surface area contributed by atoms with Gasteiger partial charge in [0.25, 0.3) is 5.91 Å². The number of carbonyl (C=O) groups is 1. The van der Waals surface area contributed by atoms with E-state index in [9.17, 15) is 4.79 Å². The van der Waals surface area contributed by atoms with Crippen molar-refractivity contribution in [3.63, 3.8) is 0 Å². The first-order valence-corrected chi connectivity index (χ1v) is 10.2. The Bertz CT molecular complexity index is 1380. The second-order valence-electron chi connectivity index (χ2n) is 7.14. The van der Waals surface area contributed by atoms with Gasteiger partial charge in [0.2, 0.25) is 5.88 Å². The summed E-state index contributed by atoms with van der Waals surface area (Å²) in [7, 11) is 0. The Hall–Kier alpha value is -4.79. The van der Waals surface area contributed by atoms with Crippen LogP contribution in [0.25, 0.3) is 11.5 Å². The maximum absolute atomic E-state index is 12.5. The minimum Gasteiger partial charge on any atom is -0.439 e. The Morgan fingerprint density at radius 1 is 0.939 bits per heavy atom. The molecule has 2 aromatic carbocycles. The molecule has 9 nitrogen and oxygen atoms in total. The van der Waals surface area contributed by atoms with Gasteiger partial charge in [0.1, 0.15) is 17.4 Å². The van der Waals surface area contributed by atoms with Crippen molar-refractivity contribution in [3.05, 3.63) is 103 Å². The third kappa shape index (κ3) is 4.62. The number of ether oxygens (including phenoxy) is 1. The summed E-state index contributed by atoms with van der Waals surface area (Å²) < 4.78 is 7.78. The first-order chi connectivity index (χ1) is 16.1. The molecule has 5 aromatic rings. The second-order valence-corrected chi connectivity index (χ2v) is 7.14. The van der Waals surface area contributed by atoms with Crippen LogP contribution in [0.2, 0.25) is 0 Å². The lowest BCUT2D eigenvalue weighted by atomic mass is 10.3. The molecular formula is C24H19N7O2. The standard InChI is InChI=1S/C24H19N7O2/c1-17-26-22(30-13-5-6-14-30)15-23(27-17)33-20-11-9-18(10-12-20)28-24(32)21-16-25-31(29-21)19-7-3-2-4-8-19/h2-16H,1H3,(H,28,32). The molecule has 0 saturated heterocycles. The number of carbonyl (C=O) groups excluding carboxylic acids is 1. The highest BCUT2D eigenvalue weighted by atomic mass is 16.5. The van der Waals surface area contributed by atoms with Gasteiger partial charge in [0, 0.05) is 24.1 Å². The summed E-state index contributed by atoms with van der Waals surface area (Å²) in [6, 6.07) is 22.0. The Kier molecular flexibility index (Phi) is 5.34. The van der Waals surface area contributed by atoms with Gasteiger partial charge >= 0.3 is 0 Å². The largest absolute Gasteiger partial charge is 0.439 e.